The van der Waals surface area contributed by atoms with Crippen LogP contribution in [0.25, 0.3) is 161 Å². The number of fused-ring (bicyclic) bond motifs is 3. The minimum absolute atomic E-state index is 1.08. The predicted molar refractivity (Wildman–Crippen MR) is 386 cm³/mol. The zero-order chi connectivity index (χ0) is 60.5. The lowest BCUT2D eigenvalue weighted by Gasteiger charge is -2.20. The summed E-state index contributed by atoms with van der Waals surface area (Å²) in [7, 11) is 0. The Morgan fingerprint density at radius 3 is 0.604 bits per heavy atom. The van der Waals surface area contributed by atoms with E-state index in [-0.39, 0.29) is 0 Å². The first-order chi connectivity index (χ1) is 45.1. The van der Waals surface area contributed by atoms with E-state index in [0.29, 0.717) is 0 Å². The molecule has 0 aliphatic carbocycles. The zero-order valence-electron chi connectivity index (χ0n) is 50.2. The third-order valence-corrected chi connectivity index (χ3v) is 18.0. The number of hydrogen-bond donors (Lipinski definition) is 0. The Kier molecular flexibility index (Phi) is 14.4. The minimum atomic E-state index is 1.08. The summed E-state index contributed by atoms with van der Waals surface area (Å²) >= 11 is 0. The van der Waals surface area contributed by atoms with E-state index in [4.69, 9.17) is 0 Å². The SMILES string of the molecule is c1ccc(-c2cc(-c3ccccc3)cc(-c3ccccc3-c3ccccc3-c3cc(-c4ccccc4)cc4c5cc(-c6ccccc6)cc(-c6ccccc6-c6ccccc6-c6cc(-c7ccccc7)cc(-c7ccccc7)c6)c5n(-c5ccccc5)c34)c2)cc1. The first-order valence-electron chi connectivity index (χ1n) is 31.4. The highest BCUT2D eigenvalue weighted by molar-refractivity contribution is 6.21. The number of benzene rings is 15. The van der Waals surface area contributed by atoms with Gasteiger partial charge in [0.25, 0.3) is 0 Å². The van der Waals surface area contributed by atoms with Gasteiger partial charge in [-0.3, -0.25) is 0 Å². The summed E-state index contributed by atoms with van der Waals surface area (Å²) in [6.07, 6.45) is 0. The van der Waals surface area contributed by atoms with Crippen LogP contribution >= 0.6 is 0 Å². The highest BCUT2D eigenvalue weighted by atomic mass is 15.0. The molecule has 0 amide bonds. The molecule has 0 aliphatic heterocycles. The van der Waals surface area contributed by atoms with E-state index in [1.165, 1.54) is 66.4 Å². The topological polar surface area (TPSA) is 4.93 Å². The second-order valence-electron chi connectivity index (χ2n) is 23.5. The van der Waals surface area contributed by atoms with E-state index in [1.807, 2.05) is 0 Å². The number of rotatable bonds is 13. The van der Waals surface area contributed by atoms with Crippen molar-refractivity contribution in [1.29, 1.82) is 0 Å². The zero-order valence-corrected chi connectivity index (χ0v) is 50.2. The molecule has 0 radical (unpaired) electrons. The van der Waals surface area contributed by atoms with E-state index in [2.05, 4.69) is 375 Å². The molecule has 0 N–H and O–H groups in total. The Labute approximate surface area is 532 Å². The summed E-state index contributed by atoms with van der Waals surface area (Å²) in [5.74, 6) is 0. The van der Waals surface area contributed by atoms with Crippen LogP contribution in [-0.4, -0.2) is 4.57 Å². The van der Waals surface area contributed by atoms with Crippen LogP contribution in [0.5, 0.6) is 0 Å². The van der Waals surface area contributed by atoms with Gasteiger partial charge in [-0.15, -0.1) is 0 Å². The first kappa shape index (κ1) is 54.5. The number of hydrogen-bond acceptors (Lipinski definition) is 0. The molecule has 0 saturated carbocycles. The quantitative estimate of drug-likeness (QED) is 0.108. The van der Waals surface area contributed by atoms with Crippen LogP contribution in [0, 0.1) is 0 Å². The molecule has 15 aromatic carbocycles. The molecular weight excluding hydrogens is 1090 g/mol. The molecule has 0 saturated heterocycles. The lowest BCUT2D eigenvalue weighted by molar-refractivity contribution is 1.18. The summed E-state index contributed by atoms with van der Waals surface area (Å²) in [5, 5.41) is 2.34. The largest absolute Gasteiger partial charge is 0.308 e. The Morgan fingerprint density at radius 1 is 0.132 bits per heavy atom. The van der Waals surface area contributed by atoms with Crippen LogP contribution in [0.2, 0.25) is 0 Å². The Bertz CT molecular complexity index is 4850. The van der Waals surface area contributed by atoms with Gasteiger partial charge in [-0.2, -0.15) is 0 Å². The predicted octanol–water partition coefficient (Wildman–Crippen LogP) is 24.8. The molecule has 0 bridgehead atoms. The summed E-state index contributed by atoms with van der Waals surface area (Å²) < 4.78 is 2.58. The molecule has 91 heavy (non-hydrogen) atoms. The first-order valence-corrected chi connectivity index (χ1v) is 31.4. The van der Waals surface area contributed by atoms with Crippen molar-refractivity contribution in [2.75, 3.05) is 0 Å². The second-order valence-corrected chi connectivity index (χ2v) is 23.5. The average Bonchev–Trinajstić information content (AvgIpc) is 1.58. The van der Waals surface area contributed by atoms with Gasteiger partial charge in [0.2, 0.25) is 0 Å². The van der Waals surface area contributed by atoms with Gasteiger partial charge < -0.3 is 4.57 Å². The molecule has 426 valence electrons. The molecule has 0 atom stereocenters. The van der Waals surface area contributed by atoms with E-state index in [9.17, 15) is 0 Å². The average molecular weight is 1160 g/mol. The maximum absolute atomic E-state index is 2.58. The highest BCUT2D eigenvalue weighted by Gasteiger charge is 2.26. The molecule has 16 aromatic rings. The Morgan fingerprint density at radius 2 is 0.330 bits per heavy atom. The number of aromatic nitrogens is 1. The third kappa shape index (κ3) is 10.4. The molecule has 1 heteroatoms. The standard InChI is InChI=1S/C90H61N/c1-8-30-62(31-9-1)68-52-69(63-32-10-2-11-33-63)55-74(54-68)77-44-22-24-46-79(77)81-48-26-28-50-83(81)85-58-72(66-38-16-5-17-39-66)60-87-88-61-73(67-40-18-6-19-41-67)59-86(90(88)91(89(85)87)76-42-20-7-21-43-76)84-51-29-27-49-82(84)80-47-25-23-45-78(80)75-56-70(64-34-12-3-13-35-64)53-71(57-75)65-36-14-4-15-37-65/h1-61H. The van der Waals surface area contributed by atoms with E-state index in [1.54, 1.807) is 0 Å². The summed E-state index contributed by atoms with van der Waals surface area (Å²) in [6, 6.07) is 136. The molecule has 0 unspecified atom stereocenters. The van der Waals surface area contributed by atoms with E-state index in [0.717, 1.165) is 94.6 Å². The van der Waals surface area contributed by atoms with Crippen molar-refractivity contribution in [3.8, 4) is 139 Å². The molecule has 0 aliphatic rings. The van der Waals surface area contributed by atoms with Crippen molar-refractivity contribution in [3.05, 3.63) is 370 Å². The lowest BCUT2D eigenvalue weighted by Crippen LogP contribution is -1.99. The maximum atomic E-state index is 2.58. The van der Waals surface area contributed by atoms with Gasteiger partial charge in [-0.25, -0.2) is 0 Å². The van der Waals surface area contributed by atoms with Crippen molar-refractivity contribution in [1.82, 2.24) is 4.57 Å². The van der Waals surface area contributed by atoms with Crippen molar-refractivity contribution in [3.63, 3.8) is 0 Å². The monoisotopic (exact) mass is 1160 g/mol. The van der Waals surface area contributed by atoms with Crippen LogP contribution < -0.4 is 0 Å². The normalized spacial score (nSPS) is 11.3. The van der Waals surface area contributed by atoms with Gasteiger partial charge in [0.1, 0.15) is 0 Å². The van der Waals surface area contributed by atoms with Crippen molar-refractivity contribution < 1.29 is 0 Å². The smallest absolute Gasteiger partial charge is 0.0620 e. The fourth-order valence-electron chi connectivity index (χ4n) is 13.7. The van der Waals surface area contributed by atoms with Gasteiger partial charge in [-0.1, -0.05) is 297 Å². The highest BCUT2D eigenvalue weighted by Crippen LogP contribution is 2.51. The van der Waals surface area contributed by atoms with Gasteiger partial charge in [0.05, 0.1) is 11.0 Å². The fourth-order valence-corrected chi connectivity index (χ4v) is 13.7. The van der Waals surface area contributed by atoms with Crippen molar-refractivity contribution >= 4 is 21.8 Å². The maximum Gasteiger partial charge on any atom is 0.0620 e. The second kappa shape index (κ2) is 24.0. The summed E-state index contributed by atoms with van der Waals surface area (Å²) in [5.41, 5.74) is 31.2. The van der Waals surface area contributed by atoms with Gasteiger partial charge in [0.15, 0.2) is 0 Å². The van der Waals surface area contributed by atoms with Crippen LogP contribution in [0.1, 0.15) is 0 Å². The van der Waals surface area contributed by atoms with Crippen LogP contribution in [0.4, 0.5) is 0 Å². The van der Waals surface area contributed by atoms with Crippen molar-refractivity contribution in [2.45, 2.75) is 0 Å². The molecular formula is C90H61N. The van der Waals surface area contributed by atoms with Gasteiger partial charge in [0, 0.05) is 27.6 Å². The van der Waals surface area contributed by atoms with Gasteiger partial charge in [-0.05, 0) is 195 Å². The summed E-state index contributed by atoms with van der Waals surface area (Å²) in [6.45, 7) is 0. The van der Waals surface area contributed by atoms with E-state index < -0.39 is 0 Å². The minimum Gasteiger partial charge on any atom is -0.308 e. The Hall–Kier alpha value is -11.9. The van der Waals surface area contributed by atoms with Crippen LogP contribution in [0.15, 0.2) is 370 Å². The Balaban J connectivity index is 0.978. The summed E-state index contributed by atoms with van der Waals surface area (Å²) in [4.78, 5) is 0. The molecule has 0 spiro atoms. The van der Waals surface area contributed by atoms with Crippen LogP contribution in [0.3, 0.4) is 0 Å². The van der Waals surface area contributed by atoms with Crippen LogP contribution in [-0.2, 0) is 0 Å². The fraction of sp³-hybridized carbons (Fsp3) is 0. The van der Waals surface area contributed by atoms with Crippen molar-refractivity contribution in [2.24, 2.45) is 0 Å². The molecule has 1 heterocycles. The number of para-hydroxylation sites is 1. The van der Waals surface area contributed by atoms with E-state index >= 15 is 0 Å². The molecule has 0 fully saturated rings. The molecule has 16 rings (SSSR count). The third-order valence-electron chi connectivity index (χ3n) is 18.0. The lowest BCUT2D eigenvalue weighted by atomic mass is 9.85. The molecule has 1 nitrogen and oxygen atoms in total. The molecule has 1 aromatic heterocycles. The van der Waals surface area contributed by atoms with Gasteiger partial charge >= 0.3 is 0 Å². The number of nitrogens with zero attached hydrogens (tertiary/aromatic N) is 1.